The molecule has 0 aliphatic heterocycles. The molecule has 0 saturated heterocycles. The second kappa shape index (κ2) is 10.3. The third kappa shape index (κ3) is 5.10. The summed E-state index contributed by atoms with van der Waals surface area (Å²) in [5, 5.41) is 3.70. The molecule has 0 radical (unpaired) electrons. The van der Waals surface area contributed by atoms with Crippen molar-refractivity contribution in [3.8, 4) is 17.0 Å². The summed E-state index contributed by atoms with van der Waals surface area (Å²) in [6.07, 6.45) is 7.93. The van der Waals surface area contributed by atoms with E-state index in [1.807, 2.05) is 47.0 Å². The van der Waals surface area contributed by atoms with E-state index in [9.17, 15) is 9.59 Å². The average Bonchev–Trinajstić information content (AvgIpc) is 3.17. The minimum Gasteiger partial charge on any atom is -0.466 e. The van der Waals surface area contributed by atoms with Gasteiger partial charge in [-0.3, -0.25) is 14.0 Å². The third-order valence-corrected chi connectivity index (χ3v) is 5.68. The van der Waals surface area contributed by atoms with E-state index in [0.29, 0.717) is 18.4 Å². The second-order valence-corrected chi connectivity index (χ2v) is 7.99. The standard InChI is InChI=1S/C25H29N3O4/c1-2-31-22(29)15-16-23(30)32-20-13-7-6-12-19(20)24-25(26-18-10-4-3-5-11-18)28-17-9-8-14-21(28)27-24/h6-9,12-14,17-18,26H,2-5,10-11,15-16H2,1H3. The Morgan fingerprint density at radius 2 is 1.78 bits per heavy atom. The number of hydrogen-bond donors (Lipinski definition) is 1. The molecule has 4 rings (SSSR count). The van der Waals surface area contributed by atoms with E-state index < -0.39 is 11.9 Å². The van der Waals surface area contributed by atoms with Crippen molar-refractivity contribution in [1.29, 1.82) is 0 Å². The summed E-state index contributed by atoms with van der Waals surface area (Å²) >= 11 is 0. The number of pyridine rings is 1. The van der Waals surface area contributed by atoms with Crippen LogP contribution in [-0.4, -0.2) is 34.0 Å². The number of para-hydroxylation sites is 1. The van der Waals surface area contributed by atoms with E-state index >= 15 is 0 Å². The van der Waals surface area contributed by atoms with Crippen molar-refractivity contribution in [3.05, 3.63) is 48.7 Å². The second-order valence-electron chi connectivity index (χ2n) is 7.99. The zero-order chi connectivity index (χ0) is 22.3. The smallest absolute Gasteiger partial charge is 0.311 e. The number of anilines is 1. The van der Waals surface area contributed by atoms with Gasteiger partial charge in [0.25, 0.3) is 0 Å². The van der Waals surface area contributed by atoms with Crippen LogP contribution in [0.1, 0.15) is 51.9 Å². The highest BCUT2D eigenvalue weighted by molar-refractivity contribution is 5.84. The molecule has 0 spiro atoms. The quantitative estimate of drug-likeness (QED) is 0.396. The van der Waals surface area contributed by atoms with Crippen molar-refractivity contribution < 1.29 is 19.1 Å². The molecule has 7 heteroatoms. The minimum atomic E-state index is -0.476. The Kier molecular flexibility index (Phi) is 7.04. The van der Waals surface area contributed by atoms with Gasteiger partial charge in [-0.15, -0.1) is 0 Å². The fourth-order valence-corrected chi connectivity index (χ4v) is 4.12. The maximum Gasteiger partial charge on any atom is 0.311 e. The molecule has 0 bridgehead atoms. The zero-order valence-corrected chi connectivity index (χ0v) is 18.4. The monoisotopic (exact) mass is 435 g/mol. The van der Waals surface area contributed by atoms with E-state index in [2.05, 4.69) is 5.32 Å². The lowest BCUT2D eigenvalue weighted by Crippen LogP contribution is -2.23. The van der Waals surface area contributed by atoms with E-state index in [0.717, 1.165) is 35.6 Å². The van der Waals surface area contributed by atoms with Gasteiger partial charge in [0.15, 0.2) is 0 Å². The summed E-state index contributed by atoms with van der Waals surface area (Å²) in [6, 6.07) is 13.7. The van der Waals surface area contributed by atoms with Gasteiger partial charge >= 0.3 is 11.9 Å². The summed E-state index contributed by atoms with van der Waals surface area (Å²) in [5.74, 6) is 0.451. The van der Waals surface area contributed by atoms with Crippen LogP contribution in [-0.2, 0) is 14.3 Å². The Bertz CT molecular complexity index is 1090. The summed E-state index contributed by atoms with van der Waals surface area (Å²) in [6.45, 7) is 2.03. The van der Waals surface area contributed by atoms with E-state index in [1.165, 1.54) is 19.3 Å². The molecule has 0 atom stereocenters. The molecule has 1 aliphatic rings. The number of fused-ring (bicyclic) bond motifs is 1. The van der Waals surface area contributed by atoms with Crippen LogP contribution in [0.2, 0.25) is 0 Å². The minimum absolute atomic E-state index is 0.00229. The summed E-state index contributed by atoms with van der Waals surface area (Å²) in [4.78, 5) is 28.8. The van der Waals surface area contributed by atoms with Crippen LogP contribution in [0.15, 0.2) is 48.7 Å². The topological polar surface area (TPSA) is 81.9 Å². The Hall–Kier alpha value is -3.35. The largest absolute Gasteiger partial charge is 0.466 e. The number of aromatic nitrogens is 2. The van der Waals surface area contributed by atoms with Gasteiger partial charge in [-0.2, -0.15) is 0 Å². The molecule has 0 unspecified atom stereocenters. The van der Waals surface area contributed by atoms with Gasteiger partial charge in [0.05, 0.1) is 19.4 Å². The van der Waals surface area contributed by atoms with E-state index in [4.69, 9.17) is 14.5 Å². The average molecular weight is 436 g/mol. The number of carbonyl (C=O) groups is 2. The van der Waals surface area contributed by atoms with Crippen LogP contribution < -0.4 is 10.1 Å². The van der Waals surface area contributed by atoms with Gasteiger partial charge in [-0.25, -0.2) is 4.98 Å². The Balaban J connectivity index is 1.62. The number of imidazole rings is 1. The molecule has 1 fully saturated rings. The molecule has 1 aliphatic carbocycles. The lowest BCUT2D eigenvalue weighted by atomic mass is 9.95. The highest BCUT2D eigenvalue weighted by Gasteiger charge is 2.22. The highest BCUT2D eigenvalue weighted by Crippen LogP contribution is 2.36. The summed E-state index contributed by atoms with van der Waals surface area (Å²) in [7, 11) is 0. The first-order valence-corrected chi connectivity index (χ1v) is 11.3. The normalized spacial score (nSPS) is 14.3. The molecule has 0 amide bonds. The number of hydrogen-bond acceptors (Lipinski definition) is 6. The van der Waals surface area contributed by atoms with Gasteiger partial charge in [-0.05, 0) is 44.0 Å². The van der Waals surface area contributed by atoms with Gasteiger partial charge in [-0.1, -0.05) is 37.5 Å². The van der Waals surface area contributed by atoms with E-state index in [-0.39, 0.29) is 12.8 Å². The Morgan fingerprint density at radius 1 is 1.03 bits per heavy atom. The maximum atomic E-state index is 12.4. The first-order chi connectivity index (χ1) is 15.7. The predicted molar refractivity (Wildman–Crippen MR) is 123 cm³/mol. The van der Waals surface area contributed by atoms with Gasteiger partial charge in [0.1, 0.15) is 22.9 Å². The Morgan fingerprint density at radius 3 is 2.59 bits per heavy atom. The van der Waals surface area contributed by atoms with E-state index in [1.54, 1.807) is 13.0 Å². The van der Waals surface area contributed by atoms with Crippen LogP contribution in [0.3, 0.4) is 0 Å². The van der Waals surface area contributed by atoms with Crippen molar-refractivity contribution in [2.75, 3.05) is 11.9 Å². The molecule has 2 heterocycles. The number of nitrogens with zero attached hydrogens (tertiary/aromatic N) is 2. The first kappa shape index (κ1) is 21.9. The van der Waals surface area contributed by atoms with Crippen LogP contribution >= 0.6 is 0 Å². The van der Waals surface area contributed by atoms with Gasteiger partial charge < -0.3 is 14.8 Å². The maximum absolute atomic E-state index is 12.4. The number of carbonyl (C=O) groups excluding carboxylic acids is 2. The van der Waals surface area contributed by atoms with Crippen molar-refractivity contribution in [2.45, 2.75) is 57.9 Å². The molecule has 3 aromatic rings. The predicted octanol–water partition coefficient (Wildman–Crippen LogP) is 4.99. The molecule has 32 heavy (non-hydrogen) atoms. The molecule has 7 nitrogen and oxygen atoms in total. The summed E-state index contributed by atoms with van der Waals surface area (Å²) in [5.41, 5.74) is 2.30. The molecule has 1 N–H and O–H groups in total. The number of rotatable bonds is 8. The fraction of sp³-hybridized carbons (Fsp3) is 0.400. The molecular formula is C25H29N3O4. The number of benzene rings is 1. The lowest BCUT2D eigenvalue weighted by molar-refractivity contribution is -0.146. The third-order valence-electron chi connectivity index (χ3n) is 5.68. The van der Waals surface area contributed by atoms with Crippen molar-refractivity contribution in [1.82, 2.24) is 9.38 Å². The van der Waals surface area contributed by atoms with Crippen molar-refractivity contribution in [3.63, 3.8) is 0 Å². The van der Waals surface area contributed by atoms with Gasteiger partial charge in [0.2, 0.25) is 0 Å². The van der Waals surface area contributed by atoms with Crippen LogP contribution in [0.25, 0.3) is 16.9 Å². The van der Waals surface area contributed by atoms with Gasteiger partial charge in [0, 0.05) is 17.8 Å². The first-order valence-electron chi connectivity index (χ1n) is 11.3. The van der Waals surface area contributed by atoms with Crippen molar-refractivity contribution >= 4 is 23.4 Å². The molecule has 1 saturated carbocycles. The number of esters is 2. The fourth-order valence-electron chi connectivity index (χ4n) is 4.12. The molecule has 1 aromatic carbocycles. The Labute approximate surface area is 187 Å². The number of nitrogens with one attached hydrogen (secondary N) is 1. The SMILES string of the molecule is CCOC(=O)CCC(=O)Oc1ccccc1-c1nc2ccccn2c1NC1CCCCC1. The number of ether oxygens (including phenoxy) is 2. The molecular weight excluding hydrogens is 406 g/mol. The zero-order valence-electron chi connectivity index (χ0n) is 18.4. The van der Waals surface area contributed by atoms with Crippen LogP contribution in [0.5, 0.6) is 5.75 Å². The molecule has 168 valence electrons. The van der Waals surface area contributed by atoms with Crippen molar-refractivity contribution in [2.24, 2.45) is 0 Å². The highest BCUT2D eigenvalue weighted by atomic mass is 16.5. The van der Waals surface area contributed by atoms with Crippen LogP contribution in [0, 0.1) is 0 Å². The molecule has 2 aromatic heterocycles. The van der Waals surface area contributed by atoms with Crippen LogP contribution in [0.4, 0.5) is 5.82 Å². The lowest BCUT2D eigenvalue weighted by Gasteiger charge is -2.24. The summed E-state index contributed by atoms with van der Waals surface area (Å²) < 4.78 is 12.6.